The average molecular weight is 585 g/mol. The molecule has 0 radical (unpaired) electrons. The summed E-state index contributed by atoms with van der Waals surface area (Å²) in [5.41, 5.74) is 5.97. The van der Waals surface area contributed by atoms with Crippen LogP contribution in [0.15, 0.2) is 72.8 Å². The van der Waals surface area contributed by atoms with Crippen molar-refractivity contribution in [3.63, 3.8) is 0 Å². The highest BCUT2D eigenvalue weighted by atomic mass is 32.2. The number of thioether (sulfide) groups is 1. The molecule has 0 aliphatic carbocycles. The van der Waals surface area contributed by atoms with Gasteiger partial charge in [0.25, 0.3) is 0 Å². The lowest BCUT2D eigenvalue weighted by molar-refractivity contribution is -0.123. The lowest BCUT2D eigenvalue weighted by Crippen LogP contribution is -2.44. The highest BCUT2D eigenvalue weighted by Crippen LogP contribution is 2.48. The molecule has 9 heteroatoms. The first-order valence-electron chi connectivity index (χ1n) is 14.2. The van der Waals surface area contributed by atoms with Crippen LogP contribution < -0.4 is 10.2 Å². The van der Waals surface area contributed by atoms with Gasteiger partial charge in [-0.05, 0) is 61.6 Å². The zero-order chi connectivity index (χ0) is 29.2. The van der Waals surface area contributed by atoms with Crippen LogP contribution in [0.4, 0.5) is 10.2 Å². The zero-order valence-electron chi connectivity index (χ0n) is 23.7. The van der Waals surface area contributed by atoms with Crippen molar-refractivity contribution < 1.29 is 18.7 Å². The number of halogens is 1. The van der Waals surface area contributed by atoms with Crippen molar-refractivity contribution in [2.45, 2.75) is 38.0 Å². The van der Waals surface area contributed by atoms with Crippen molar-refractivity contribution in [1.82, 2.24) is 15.1 Å². The molecule has 2 atom stereocenters. The fourth-order valence-corrected chi connectivity index (χ4v) is 6.81. The van der Waals surface area contributed by atoms with Crippen molar-refractivity contribution in [1.29, 1.82) is 0 Å². The first-order chi connectivity index (χ1) is 20.4. The van der Waals surface area contributed by atoms with Crippen molar-refractivity contribution in [3.8, 4) is 16.9 Å². The first kappa shape index (κ1) is 28.2. The molecule has 2 amide bonds. The fourth-order valence-electron chi connectivity index (χ4n) is 5.63. The number of anilines is 1. The Bertz CT molecular complexity index is 1620. The maximum atomic E-state index is 14.6. The van der Waals surface area contributed by atoms with Gasteiger partial charge < -0.3 is 10.1 Å². The molecule has 3 aromatic carbocycles. The monoisotopic (exact) mass is 584 g/mol. The molecule has 3 heterocycles. The first-order valence-corrected chi connectivity index (χ1v) is 15.3. The van der Waals surface area contributed by atoms with Crippen molar-refractivity contribution >= 4 is 29.4 Å². The number of carbonyl (C=O) groups is 2. The minimum atomic E-state index is -0.395. The minimum absolute atomic E-state index is 0.0117. The molecular formula is C33H33FN4O3S. The molecule has 2 unspecified atom stereocenters. The van der Waals surface area contributed by atoms with Crippen molar-refractivity contribution in [3.05, 3.63) is 101 Å². The molecule has 6 rings (SSSR count). The van der Waals surface area contributed by atoms with Gasteiger partial charge >= 0.3 is 0 Å². The number of nitrogens with one attached hydrogen (secondary N) is 1. The van der Waals surface area contributed by atoms with E-state index in [1.807, 2.05) is 68.4 Å². The van der Waals surface area contributed by atoms with Crippen LogP contribution in [0.3, 0.4) is 0 Å². The summed E-state index contributed by atoms with van der Waals surface area (Å²) < 4.78 is 22.0. The maximum Gasteiger partial charge on any atom is 0.240 e. The lowest BCUT2D eigenvalue weighted by atomic mass is 9.99. The third kappa shape index (κ3) is 5.58. The van der Waals surface area contributed by atoms with Crippen LogP contribution in [0.5, 0.6) is 0 Å². The molecule has 2 aliphatic heterocycles. The van der Waals surface area contributed by atoms with Gasteiger partial charge in [-0.3, -0.25) is 14.5 Å². The van der Waals surface area contributed by atoms with Crippen LogP contribution >= 0.6 is 11.8 Å². The molecule has 7 nitrogen and oxygen atoms in total. The summed E-state index contributed by atoms with van der Waals surface area (Å²) in [6.07, 6.45) is 1.87. The predicted octanol–water partition coefficient (Wildman–Crippen LogP) is 5.76. The largest absolute Gasteiger partial charge is 0.376 e. The standard InChI is InChI=1S/C33H33FN4O3S/c1-21-9-6-15-27(22(21)2)38-33-30(31(36-38)23-10-4-3-5-11-23)32(24-12-7-13-25(34)17-24)42-20-29(40)37(33)19-28(39)35-18-26-14-8-16-41-26/h3-7,9-13,15,17,26,32H,8,14,16,18-20H2,1-2H3,(H,35,39). The predicted molar refractivity (Wildman–Crippen MR) is 164 cm³/mol. The number of aromatic nitrogens is 2. The second kappa shape index (κ2) is 12.1. The van der Waals surface area contributed by atoms with E-state index >= 15 is 0 Å². The van der Waals surface area contributed by atoms with Gasteiger partial charge in [0, 0.05) is 24.3 Å². The van der Waals surface area contributed by atoms with Crippen LogP contribution in [0.2, 0.25) is 0 Å². The van der Waals surface area contributed by atoms with Crippen LogP contribution in [-0.4, -0.2) is 53.1 Å². The van der Waals surface area contributed by atoms with Gasteiger partial charge in [0.15, 0.2) is 0 Å². The molecule has 42 heavy (non-hydrogen) atoms. The van der Waals surface area contributed by atoms with Gasteiger partial charge in [-0.25, -0.2) is 9.07 Å². The Balaban J connectivity index is 1.55. The van der Waals surface area contributed by atoms with Crippen LogP contribution in [0, 0.1) is 19.7 Å². The quantitative estimate of drug-likeness (QED) is 0.299. The van der Waals surface area contributed by atoms with Gasteiger partial charge in [-0.2, -0.15) is 5.10 Å². The third-order valence-electron chi connectivity index (χ3n) is 7.94. The van der Waals surface area contributed by atoms with Gasteiger partial charge in [0.1, 0.15) is 18.2 Å². The molecule has 1 saturated heterocycles. The Kier molecular flexibility index (Phi) is 8.13. The number of benzene rings is 3. The number of rotatable bonds is 7. The summed E-state index contributed by atoms with van der Waals surface area (Å²) >= 11 is 1.42. The van der Waals surface area contributed by atoms with E-state index in [-0.39, 0.29) is 36.0 Å². The summed E-state index contributed by atoms with van der Waals surface area (Å²) in [7, 11) is 0. The second-order valence-corrected chi connectivity index (χ2v) is 11.8. The van der Waals surface area contributed by atoms with Gasteiger partial charge in [-0.1, -0.05) is 54.6 Å². The topological polar surface area (TPSA) is 76.5 Å². The summed E-state index contributed by atoms with van der Waals surface area (Å²) in [6, 6.07) is 22.3. The minimum Gasteiger partial charge on any atom is -0.376 e. The highest BCUT2D eigenvalue weighted by molar-refractivity contribution is 8.00. The van der Waals surface area contributed by atoms with Crippen LogP contribution in [-0.2, 0) is 14.3 Å². The molecule has 1 fully saturated rings. The van der Waals surface area contributed by atoms with E-state index in [2.05, 4.69) is 5.32 Å². The van der Waals surface area contributed by atoms with Crippen molar-refractivity contribution in [2.75, 3.05) is 30.3 Å². The molecule has 216 valence electrons. The number of fused-ring (bicyclic) bond motifs is 1. The Morgan fingerprint density at radius 3 is 2.67 bits per heavy atom. The van der Waals surface area contributed by atoms with E-state index < -0.39 is 5.25 Å². The van der Waals surface area contributed by atoms with E-state index in [0.29, 0.717) is 24.7 Å². The normalized spacial score (nSPS) is 18.5. The highest BCUT2D eigenvalue weighted by Gasteiger charge is 2.38. The van der Waals surface area contributed by atoms with Crippen LogP contribution in [0.1, 0.15) is 40.3 Å². The van der Waals surface area contributed by atoms with E-state index in [0.717, 1.165) is 46.3 Å². The summed E-state index contributed by atoms with van der Waals surface area (Å²) in [6.45, 7) is 4.99. The molecule has 4 aromatic rings. The van der Waals surface area contributed by atoms with Gasteiger partial charge in [-0.15, -0.1) is 11.8 Å². The summed E-state index contributed by atoms with van der Waals surface area (Å²) in [4.78, 5) is 28.8. The Morgan fingerprint density at radius 1 is 1.10 bits per heavy atom. The molecule has 0 saturated carbocycles. The second-order valence-electron chi connectivity index (χ2n) is 10.7. The average Bonchev–Trinajstić information content (AvgIpc) is 3.63. The summed E-state index contributed by atoms with van der Waals surface area (Å²) in [5.74, 6) is -0.180. The zero-order valence-corrected chi connectivity index (χ0v) is 24.5. The van der Waals surface area contributed by atoms with E-state index in [1.165, 1.54) is 23.9 Å². The molecule has 1 aromatic heterocycles. The number of ether oxygens (including phenoxy) is 1. The molecule has 2 aliphatic rings. The molecule has 0 bridgehead atoms. The van der Waals surface area contributed by atoms with Gasteiger partial charge in [0.2, 0.25) is 11.8 Å². The molecular weight excluding hydrogens is 551 g/mol. The summed E-state index contributed by atoms with van der Waals surface area (Å²) in [5, 5.41) is 7.71. The van der Waals surface area contributed by atoms with Gasteiger partial charge in [0.05, 0.1) is 28.5 Å². The number of aryl methyl sites for hydroxylation is 1. The Labute approximate surface area is 249 Å². The smallest absolute Gasteiger partial charge is 0.240 e. The number of carbonyl (C=O) groups excluding carboxylic acids is 2. The molecule has 0 spiro atoms. The number of hydrogen-bond donors (Lipinski definition) is 1. The number of hydrogen-bond acceptors (Lipinski definition) is 5. The number of nitrogens with zero attached hydrogens (tertiary/aromatic N) is 3. The van der Waals surface area contributed by atoms with Crippen LogP contribution in [0.25, 0.3) is 16.9 Å². The fraction of sp³-hybridized carbons (Fsp3) is 0.303. The Morgan fingerprint density at radius 2 is 1.90 bits per heavy atom. The SMILES string of the molecule is Cc1cccc(-n2nc(-c3ccccc3)c3c2N(CC(=O)NCC2CCCO2)C(=O)CSC3c2cccc(F)c2)c1C. The van der Waals surface area contributed by atoms with E-state index in [1.54, 1.807) is 15.6 Å². The number of amides is 2. The van der Waals surface area contributed by atoms with E-state index in [9.17, 15) is 14.0 Å². The molecule has 1 N–H and O–H groups in total. The Hall–Kier alpha value is -3.95. The third-order valence-corrected chi connectivity index (χ3v) is 9.20. The van der Waals surface area contributed by atoms with Crippen molar-refractivity contribution in [2.24, 2.45) is 0 Å². The van der Waals surface area contributed by atoms with E-state index in [4.69, 9.17) is 9.84 Å². The maximum absolute atomic E-state index is 14.6. The lowest BCUT2D eigenvalue weighted by Gasteiger charge is -2.24.